The van der Waals surface area contributed by atoms with E-state index in [0.29, 0.717) is 0 Å². The third-order valence-corrected chi connectivity index (χ3v) is 5.36. The molecule has 0 aliphatic carbocycles. The van der Waals surface area contributed by atoms with E-state index in [2.05, 4.69) is 18.7 Å². The zero-order valence-corrected chi connectivity index (χ0v) is 19.1. The van der Waals surface area contributed by atoms with Gasteiger partial charge < -0.3 is 4.90 Å². The van der Waals surface area contributed by atoms with Crippen molar-refractivity contribution in [2.24, 2.45) is 0 Å². The first-order chi connectivity index (χ1) is 16.2. The van der Waals surface area contributed by atoms with Gasteiger partial charge in [0.2, 0.25) is 0 Å². The fourth-order valence-electron chi connectivity index (χ4n) is 3.60. The second kappa shape index (κ2) is 12.2. The molecule has 0 aromatic heterocycles. The molecule has 3 nitrogen and oxygen atoms in total. The molecule has 3 heteroatoms. The van der Waals surface area contributed by atoms with Crippen molar-refractivity contribution in [2.75, 3.05) is 18.0 Å². The number of hydrogen-bond acceptors (Lipinski definition) is 3. The van der Waals surface area contributed by atoms with Crippen LogP contribution in [0.2, 0.25) is 0 Å². The predicted octanol–water partition coefficient (Wildman–Crippen LogP) is 6.68. The normalized spacial score (nSPS) is 10.0. The quantitative estimate of drug-likeness (QED) is 0.304. The molecule has 0 unspecified atom stereocenters. The number of hydrogen-bond donors (Lipinski definition) is 0. The smallest absolute Gasteiger partial charge is 0.195 e. The van der Waals surface area contributed by atoms with Crippen molar-refractivity contribution >= 4 is 17.3 Å². The molecule has 4 aromatic carbocycles. The van der Waals surface area contributed by atoms with Gasteiger partial charge in [-0.1, -0.05) is 103 Å². The monoisotopic (exact) mass is 435 g/mol. The Balaban J connectivity index is 0.000000194. The molecule has 0 heterocycles. The summed E-state index contributed by atoms with van der Waals surface area (Å²) in [6, 6.07) is 35.9. The van der Waals surface area contributed by atoms with Crippen LogP contribution in [-0.2, 0) is 0 Å². The molecular formula is C30H29NO2. The SMILES string of the molecule is CCN(CC)c1ccccc1C(=O)c1ccccc1.O=C(c1ccccc1)c1ccccc1. The predicted molar refractivity (Wildman–Crippen MR) is 136 cm³/mol. The molecule has 4 rings (SSSR count). The molecule has 0 spiro atoms. The first-order valence-electron chi connectivity index (χ1n) is 11.2. The summed E-state index contributed by atoms with van der Waals surface area (Å²) >= 11 is 0. The summed E-state index contributed by atoms with van der Waals surface area (Å²) in [5, 5.41) is 0. The van der Waals surface area contributed by atoms with Gasteiger partial charge in [-0.3, -0.25) is 9.59 Å². The maximum Gasteiger partial charge on any atom is 0.195 e. The highest BCUT2D eigenvalue weighted by Crippen LogP contribution is 2.23. The van der Waals surface area contributed by atoms with E-state index >= 15 is 0 Å². The maximum atomic E-state index is 12.6. The minimum Gasteiger partial charge on any atom is -0.371 e. The van der Waals surface area contributed by atoms with E-state index in [1.807, 2.05) is 115 Å². The molecule has 0 aliphatic heterocycles. The van der Waals surface area contributed by atoms with Gasteiger partial charge >= 0.3 is 0 Å². The first-order valence-corrected chi connectivity index (χ1v) is 11.2. The molecule has 33 heavy (non-hydrogen) atoms. The lowest BCUT2D eigenvalue weighted by molar-refractivity contribution is 0.103. The molecule has 0 atom stereocenters. The van der Waals surface area contributed by atoms with E-state index in [1.165, 1.54) is 0 Å². The summed E-state index contributed by atoms with van der Waals surface area (Å²) in [4.78, 5) is 26.6. The maximum absolute atomic E-state index is 12.6. The fourth-order valence-corrected chi connectivity index (χ4v) is 3.60. The minimum atomic E-state index is 0.0752. The van der Waals surface area contributed by atoms with Gasteiger partial charge in [-0.15, -0.1) is 0 Å². The molecule has 0 bridgehead atoms. The van der Waals surface area contributed by atoms with E-state index in [1.54, 1.807) is 0 Å². The average Bonchev–Trinajstić information content (AvgIpc) is 2.91. The van der Waals surface area contributed by atoms with Crippen LogP contribution >= 0.6 is 0 Å². The van der Waals surface area contributed by atoms with Gasteiger partial charge in [-0.05, 0) is 26.0 Å². The summed E-state index contributed by atoms with van der Waals surface area (Å²) < 4.78 is 0. The second-order valence-electron chi connectivity index (χ2n) is 7.45. The van der Waals surface area contributed by atoms with Gasteiger partial charge in [0.15, 0.2) is 11.6 Å². The lowest BCUT2D eigenvalue weighted by Gasteiger charge is -2.23. The van der Waals surface area contributed by atoms with Crippen molar-refractivity contribution in [3.05, 3.63) is 138 Å². The summed E-state index contributed by atoms with van der Waals surface area (Å²) in [5.41, 5.74) is 4.00. The Morgan fingerprint density at radius 1 is 0.515 bits per heavy atom. The van der Waals surface area contributed by atoms with Crippen LogP contribution in [-0.4, -0.2) is 24.7 Å². The summed E-state index contributed by atoms with van der Waals surface area (Å²) in [5.74, 6) is 0.161. The molecule has 0 radical (unpaired) electrons. The zero-order valence-electron chi connectivity index (χ0n) is 19.1. The van der Waals surface area contributed by atoms with Gasteiger partial charge in [-0.2, -0.15) is 0 Å². The number of carbonyl (C=O) groups is 2. The number of anilines is 1. The van der Waals surface area contributed by atoms with E-state index in [9.17, 15) is 9.59 Å². The van der Waals surface area contributed by atoms with Crippen molar-refractivity contribution in [3.8, 4) is 0 Å². The Morgan fingerprint density at radius 2 is 0.879 bits per heavy atom. The van der Waals surface area contributed by atoms with Crippen LogP contribution in [0.15, 0.2) is 115 Å². The van der Waals surface area contributed by atoms with Crippen molar-refractivity contribution in [1.82, 2.24) is 0 Å². The first kappa shape index (κ1) is 23.7. The zero-order chi connectivity index (χ0) is 23.5. The Morgan fingerprint density at radius 3 is 1.30 bits per heavy atom. The highest BCUT2D eigenvalue weighted by molar-refractivity contribution is 6.12. The van der Waals surface area contributed by atoms with Crippen LogP contribution in [0.25, 0.3) is 0 Å². The van der Waals surface area contributed by atoms with Crippen molar-refractivity contribution in [2.45, 2.75) is 13.8 Å². The average molecular weight is 436 g/mol. The summed E-state index contributed by atoms with van der Waals surface area (Å²) in [6.07, 6.45) is 0. The van der Waals surface area contributed by atoms with Gasteiger partial charge in [0.1, 0.15) is 0 Å². The Bertz CT molecular complexity index is 1110. The van der Waals surface area contributed by atoms with E-state index < -0.39 is 0 Å². The van der Waals surface area contributed by atoms with Gasteiger partial charge in [0, 0.05) is 41.0 Å². The lowest BCUT2D eigenvalue weighted by atomic mass is 10.0. The second-order valence-corrected chi connectivity index (χ2v) is 7.45. The van der Waals surface area contributed by atoms with Crippen molar-refractivity contribution in [1.29, 1.82) is 0 Å². The highest BCUT2D eigenvalue weighted by Gasteiger charge is 2.15. The number of benzene rings is 4. The summed E-state index contributed by atoms with van der Waals surface area (Å²) in [7, 11) is 0. The van der Waals surface area contributed by atoms with Crippen LogP contribution in [0.5, 0.6) is 0 Å². The third-order valence-electron chi connectivity index (χ3n) is 5.36. The van der Waals surface area contributed by atoms with E-state index in [4.69, 9.17) is 0 Å². The fraction of sp³-hybridized carbons (Fsp3) is 0.133. The van der Waals surface area contributed by atoms with Crippen LogP contribution in [0.3, 0.4) is 0 Å². The molecule has 0 amide bonds. The highest BCUT2D eigenvalue weighted by atomic mass is 16.1. The number of rotatable bonds is 7. The Labute approximate surface area is 196 Å². The van der Waals surface area contributed by atoms with E-state index in [-0.39, 0.29) is 11.6 Å². The van der Waals surface area contributed by atoms with Crippen molar-refractivity contribution < 1.29 is 9.59 Å². The topological polar surface area (TPSA) is 37.4 Å². The molecule has 0 saturated carbocycles. The van der Waals surface area contributed by atoms with Crippen LogP contribution in [0, 0.1) is 0 Å². The standard InChI is InChI=1S/C17H19NO.C13H10O/c1-3-18(4-2)16-13-9-8-12-15(16)17(19)14-10-6-5-7-11-14;14-13(11-7-3-1-4-8-11)12-9-5-2-6-10-12/h5-13H,3-4H2,1-2H3;1-10H. The largest absolute Gasteiger partial charge is 0.371 e. The van der Waals surface area contributed by atoms with Crippen molar-refractivity contribution in [3.63, 3.8) is 0 Å². The molecule has 0 aliphatic rings. The van der Waals surface area contributed by atoms with Crippen LogP contribution in [0.4, 0.5) is 5.69 Å². The van der Waals surface area contributed by atoms with E-state index in [0.717, 1.165) is 41.0 Å². The Kier molecular flexibility index (Phi) is 8.72. The van der Waals surface area contributed by atoms with Gasteiger partial charge in [0.05, 0.1) is 0 Å². The minimum absolute atomic E-state index is 0.0752. The molecule has 4 aromatic rings. The number of ketones is 2. The molecular weight excluding hydrogens is 406 g/mol. The number of para-hydroxylation sites is 1. The molecule has 0 N–H and O–H groups in total. The number of nitrogens with zero attached hydrogens (tertiary/aromatic N) is 1. The van der Waals surface area contributed by atoms with Crippen LogP contribution < -0.4 is 4.90 Å². The Hall–Kier alpha value is -3.98. The number of carbonyl (C=O) groups excluding carboxylic acids is 2. The molecule has 166 valence electrons. The van der Waals surface area contributed by atoms with Crippen LogP contribution in [0.1, 0.15) is 45.7 Å². The summed E-state index contributed by atoms with van der Waals surface area (Å²) in [6.45, 7) is 6.01. The van der Waals surface area contributed by atoms with Gasteiger partial charge in [0.25, 0.3) is 0 Å². The van der Waals surface area contributed by atoms with Gasteiger partial charge in [-0.25, -0.2) is 0 Å². The molecule has 0 saturated heterocycles. The molecule has 0 fully saturated rings. The third kappa shape index (κ3) is 6.27. The lowest BCUT2D eigenvalue weighted by Crippen LogP contribution is -2.24.